The number of nitrogens with one attached hydrogen (secondary N) is 1. The Morgan fingerprint density at radius 3 is 2.37 bits per heavy atom. The standard InChI is InChI=1S/C28H32N2O4S/c1-33-23-16-14-20(15-17-23)26(27(31)29-22-10-4-3-5-11-22)30(28(32)25-13-8-18-35-25)19-21-9-6-7-12-24(21)34-2/h6-9,12-18,22,26H,3-5,10-11,19H2,1-2H3,(H,29,31)/t26-/m1/s1. The summed E-state index contributed by atoms with van der Waals surface area (Å²) in [4.78, 5) is 29.9. The number of nitrogens with zero attached hydrogens (tertiary/aromatic N) is 1. The van der Waals surface area contributed by atoms with Gasteiger partial charge < -0.3 is 19.7 Å². The van der Waals surface area contributed by atoms with Crippen LogP contribution in [-0.4, -0.2) is 37.0 Å². The van der Waals surface area contributed by atoms with Crippen molar-refractivity contribution in [3.63, 3.8) is 0 Å². The smallest absolute Gasteiger partial charge is 0.265 e. The fraction of sp³-hybridized carbons (Fsp3) is 0.357. The molecule has 6 nitrogen and oxygen atoms in total. The number of benzene rings is 2. The van der Waals surface area contributed by atoms with Crippen LogP contribution in [0.2, 0.25) is 0 Å². The average molecular weight is 493 g/mol. The molecule has 1 aromatic heterocycles. The van der Waals surface area contributed by atoms with Gasteiger partial charge in [0.15, 0.2) is 0 Å². The summed E-state index contributed by atoms with van der Waals surface area (Å²) < 4.78 is 10.9. The van der Waals surface area contributed by atoms with Crippen LogP contribution < -0.4 is 14.8 Å². The molecule has 3 aromatic rings. The minimum Gasteiger partial charge on any atom is -0.497 e. The molecule has 1 heterocycles. The van der Waals surface area contributed by atoms with Crippen molar-refractivity contribution in [2.75, 3.05) is 14.2 Å². The number of para-hydroxylation sites is 1. The van der Waals surface area contributed by atoms with Crippen molar-refractivity contribution in [1.29, 1.82) is 0 Å². The number of rotatable bonds is 9. The highest BCUT2D eigenvalue weighted by molar-refractivity contribution is 7.12. The molecule has 1 fully saturated rings. The molecule has 35 heavy (non-hydrogen) atoms. The Morgan fingerprint density at radius 1 is 0.971 bits per heavy atom. The van der Waals surface area contributed by atoms with Crippen LogP contribution in [0.15, 0.2) is 66.0 Å². The molecular weight excluding hydrogens is 460 g/mol. The Morgan fingerprint density at radius 2 is 1.71 bits per heavy atom. The molecule has 7 heteroatoms. The van der Waals surface area contributed by atoms with E-state index in [0.29, 0.717) is 16.4 Å². The van der Waals surface area contributed by atoms with Crippen LogP contribution in [0.5, 0.6) is 11.5 Å². The fourth-order valence-electron chi connectivity index (χ4n) is 4.63. The molecule has 2 aromatic carbocycles. The molecule has 1 aliphatic carbocycles. The van der Waals surface area contributed by atoms with Crippen molar-refractivity contribution in [2.45, 2.75) is 50.7 Å². The summed E-state index contributed by atoms with van der Waals surface area (Å²) in [5.74, 6) is 1.02. The monoisotopic (exact) mass is 492 g/mol. The molecule has 1 saturated carbocycles. The van der Waals surface area contributed by atoms with Crippen molar-refractivity contribution in [2.24, 2.45) is 0 Å². The molecule has 0 radical (unpaired) electrons. The van der Waals surface area contributed by atoms with Gasteiger partial charge in [-0.1, -0.05) is 55.7 Å². The highest BCUT2D eigenvalue weighted by Gasteiger charge is 2.34. The third-order valence-electron chi connectivity index (χ3n) is 6.47. The third-order valence-corrected chi connectivity index (χ3v) is 7.33. The Hall–Kier alpha value is -3.32. The molecule has 1 atom stereocenters. The van der Waals surface area contributed by atoms with E-state index in [1.54, 1.807) is 25.2 Å². The van der Waals surface area contributed by atoms with Crippen LogP contribution in [0.25, 0.3) is 0 Å². The van der Waals surface area contributed by atoms with E-state index in [0.717, 1.165) is 36.8 Å². The van der Waals surface area contributed by atoms with E-state index in [1.165, 1.54) is 17.8 Å². The molecule has 1 N–H and O–H groups in total. The molecule has 0 saturated heterocycles. The highest BCUT2D eigenvalue weighted by Crippen LogP contribution is 2.31. The lowest BCUT2D eigenvalue weighted by atomic mass is 9.94. The molecule has 2 amide bonds. The van der Waals surface area contributed by atoms with Gasteiger partial charge in [0, 0.05) is 11.6 Å². The van der Waals surface area contributed by atoms with Gasteiger partial charge in [0.25, 0.3) is 5.91 Å². The lowest BCUT2D eigenvalue weighted by Gasteiger charge is -2.33. The van der Waals surface area contributed by atoms with Crippen molar-refractivity contribution < 1.29 is 19.1 Å². The number of carbonyl (C=O) groups is 2. The predicted molar refractivity (Wildman–Crippen MR) is 138 cm³/mol. The third kappa shape index (κ3) is 6.03. The topological polar surface area (TPSA) is 67.9 Å². The van der Waals surface area contributed by atoms with E-state index in [4.69, 9.17) is 9.47 Å². The number of amides is 2. The van der Waals surface area contributed by atoms with Crippen LogP contribution in [-0.2, 0) is 11.3 Å². The SMILES string of the molecule is COc1ccc([C@H](C(=O)NC2CCCCC2)N(Cc2ccccc2OC)C(=O)c2cccs2)cc1. The number of methoxy groups -OCH3 is 2. The zero-order valence-electron chi connectivity index (χ0n) is 20.2. The number of hydrogen-bond acceptors (Lipinski definition) is 5. The molecule has 0 aliphatic heterocycles. The lowest BCUT2D eigenvalue weighted by molar-refractivity contribution is -0.127. The average Bonchev–Trinajstić information content (AvgIpc) is 3.44. The van der Waals surface area contributed by atoms with Gasteiger partial charge in [0.1, 0.15) is 17.5 Å². The second kappa shape index (κ2) is 11.9. The van der Waals surface area contributed by atoms with E-state index in [9.17, 15) is 9.59 Å². The fourth-order valence-corrected chi connectivity index (χ4v) is 5.30. The summed E-state index contributed by atoms with van der Waals surface area (Å²) in [6.45, 7) is 0.232. The first-order valence-electron chi connectivity index (χ1n) is 12.0. The van der Waals surface area contributed by atoms with Gasteiger partial charge in [-0.05, 0) is 48.1 Å². The van der Waals surface area contributed by atoms with E-state index >= 15 is 0 Å². The van der Waals surface area contributed by atoms with Gasteiger partial charge in [-0.3, -0.25) is 9.59 Å². The Bertz CT molecular complexity index is 1110. The van der Waals surface area contributed by atoms with Crippen LogP contribution in [0, 0.1) is 0 Å². The minimum absolute atomic E-state index is 0.127. The van der Waals surface area contributed by atoms with Crippen molar-refractivity contribution in [1.82, 2.24) is 10.2 Å². The summed E-state index contributed by atoms with van der Waals surface area (Å²) >= 11 is 1.37. The minimum atomic E-state index is -0.803. The van der Waals surface area contributed by atoms with Crippen molar-refractivity contribution in [3.05, 3.63) is 82.0 Å². The van der Waals surface area contributed by atoms with Crippen molar-refractivity contribution in [3.8, 4) is 11.5 Å². The molecule has 0 spiro atoms. The summed E-state index contributed by atoms with van der Waals surface area (Å²) in [5, 5.41) is 5.12. The first kappa shape index (κ1) is 24.8. The zero-order chi connectivity index (χ0) is 24.6. The van der Waals surface area contributed by atoms with E-state index in [2.05, 4.69) is 5.32 Å². The number of hydrogen-bond donors (Lipinski definition) is 1. The van der Waals surface area contributed by atoms with Crippen LogP contribution in [0.1, 0.15) is 58.9 Å². The first-order valence-corrected chi connectivity index (χ1v) is 12.9. The maximum Gasteiger partial charge on any atom is 0.265 e. The Balaban J connectivity index is 1.75. The largest absolute Gasteiger partial charge is 0.497 e. The molecule has 184 valence electrons. The predicted octanol–water partition coefficient (Wildman–Crippen LogP) is 5.60. The molecule has 0 unspecified atom stereocenters. The second-order valence-electron chi connectivity index (χ2n) is 8.74. The maximum atomic E-state index is 13.9. The van der Waals surface area contributed by atoms with E-state index in [1.807, 2.05) is 60.0 Å². The Kier molecular flexibility index (Phi) is 8.42. The summed E-state index contributed by atoms with van der Waals surface area (Å²) in [6, 6.07) is 18.0. The Labute approximate surface area is 210 Å². The lowest BCUT2D eigenvalue weighted by Crippen LogP contribution is -2.46. The van der Waals surface area contributed by atoms with Crippen LogP contribution >= 0.6 is 11.3 Å². The molecule has 1 aliphatic rings. The summed E-state index contributed by atoms with van der Waals surface area (Å²) in [7, 11) is 3.22. The summed E-state index contributed by atoms with van der Waals surface area (Å²) in [6.07, 6.45) is 5.35. The van der Waals surface area contributed by atoms with Gasteiger partial charge in [-0.25, -0.2) is 0 Å². The van der Waals surface area contributed by atoms with Crippen LogP contribution in [0.4, 0.5) is 0 Å². The number of carbonyl (C=O) groups excluding carboxylic acids is 2. The van der Waals surface area contributed by atoms with E-state index < -0.39 is 6.04 Å². The van der Waals surface area contributed by atoms with Gasteiger partial charge in [-0.2, -0.15) is 0 Å². The normalized spacial score (nSPS) is 14.7. The second-order valence-corrected chi connectivity index (χ2v) is 9.69. The quantitative estimate of drug-likeness (QED) is 0.422. The zero-order valence-corrected chi connectivity index (χ0v) is 21.1. The van der Waals surface area contributed by atoms with Crippen molar-refractivity contribution >= 4 is 23.2 Å². The maximum absolute atomic E-state index is 13.9. The molecule has 0 bridgehead atoms. The highest BCUT2D eigenvalue weighted by atomic mass is 32.1. The van der Waals surface area contributed by atoms with E-state index in [-0.39, 0.29) is 24.4 Å². The van der Waals surface area contributed by atoms with Gasteiger partial charge in [-0.15, -0.1) is 11.3 Å². The molecule has 4 rings (SSSR count). The van der Waals surface area contributed by atoms with Gasteiger partial charge >= 0.3 is 0 Å². The number of ether oxygens (including phenoxy) is 2. The van der Waals surface area contributed by atoms with Gasteiger partial charge in [0.05, 0.1) is 25.6 Å². The van der Waals surface area contributed by atoms with Crippen LogP contribution in [0.3, 0.4) is 0 Å². The number of thiophene rings is 1. The first-order chi connectivity index (χ1) is 17.1. The summed E-state index contributed by atoms with van der Waals surface area (Å²) in [5.41, 5.74) is 1.57. The molecular formula is C28H32N2O4S. The van der Waals surface area contributed by atoms with Gasteiger partial charge in [0.2, 0.25) is 5.91 Å².